The van der Waals surface area contributed by atoms with Gasteiger partial charge in [-0.1, -0.05) is 0 Å². The number of nitro groups is 1. The Hall–Kier alpha value is -1.67. The van der Waals surface area contributed by atoms with Gasteiger partial charge in [0.25, 0.3) is 5.69 Å². The van der Waals surface area contributed by atoms with Crippen molar-refractivity contribution < 1.29 is 13.3 Å². The lowest BCUT2D eigenvalue weighted by Crippen LogP contribution is -2.48. The Labute approximate surface area is 118 Å². The van der Waals surface area contributed by atoms with E-state index in [9.17, 15) is 18.5 Å². The Balaban J connectivity index is 2.13. The molecular weight excluding hydrogens is 282 g/mol. The van der Waals surface area contributed by atoms with Crippen molar-refractivity contribution in [2.45, 2.75) is 6.92 Å². The van der Waals surface area contributed by atoms with Crippen LogP contribution in [0.2, 0.25) is 0 Å². The predicted molar refractivity (Wildman–Crippen MR) is 76.5 cm³/mol. The number of hydrogen-bond acceptors (Lipinski definition) is 5. The van der Waals surface area contributed by atoms with Crippen molar-refractivity contribution >= 4 is 21.4 Å². The van der Waals surface area contributed by atoms with Gasteiger partial charge in [-0.25, -0.2) is 8.42 Å². The minimum Gasteiger partial charge on any atom is -0.369 e. The first kappa shape index (κ1) is 14.7. The Morgan fingerprint density at radius 3 is 2.25 bits per heavy atom. The number of nitrogens with zero attached hydrogens (tertiary/aromatic N) is 3. The number of sulfonamides is 1. The summed E-state index contributed by atoms with van der Waals surface area (Å²) in [6, 6.07) is 4.74. The Kier molecular flexibility index (Phi) is 3.96. The number of non-ortho nitro benzene ring substituents is 1. The summed E-state index contributed by atoms with van der Waals surface area (Å²) in [6.45, 7) is 3.88. The van der Waals surface area contributed by atoms with Crippen LogP contribution in [0.4, 0.5) is 11.4 Å². The van der Waals surface area contributed by atoms with E-state index in [1.807, 2.05) is 6.92 Å². The predicted octanol–water partition coefficient (Wildman–Crippen LogP) is 0.985. The summed E-state index contributed by atoms with van der Waals surface area (Å²) in [4.78, 5) is 12.4. The van der Waals surface area contributed by atoms with Crippen LogP contribution in [0.25, 0.3) is 0 Å². The van der Waals surface area contributed by atoms with E-state index in [4.69, 9.17) is 0 Å². The lowest BCUT2D eigenvalue weighted by atomic mass is 10.1. The maximum atomic E-state index is 11.4. The number of aryl methyl sites for hydroxylation is 1. The number of nitro benzene ring substituents is 1. The highest BCUT2D eigenvalue weighted by molar-refractivity contribution is 7.88. The molecule has 1 aromatic rings. The van der Waals surface area contributed by atoms with E-state index in [1.54, 1.807) is 6.07 Å². The van der Waals surface area contributed by atoms with E-state index >= 15 is 0 Å². The quantitative estimate of drug-likeness (QED) is 0.614. The first-order valence-electron chi connectivity index (χ1n) is 6.24. The third-order valence-corrected chi connectivity index (χ3v) is 4.74. The molecule has 0 saturated carbocycles. The van der Waals surface area contributed by atoms with Gasteiger partial charge in [0.15, 0.2) is 0 Å². The van der Waals surface area contributed by atoms with E-state index in [1.165, 1.54) is 22.7 Å². The zero-order chi connectivity index (χ0) is 14.9. The van der Waals surface area contributed by atoms with Gasteiger partial charge in [0.2, 0.25) is 10.0 Å². The molecule has 0 bridgehead atoms. The fourth-order valence-electron chi connectivity index (χ4n) is 2.37. The molecule has 0 unspecified atom stereocenters. The fraction of sp³-hybridized carbons (Fsp3) is 0.500. The SMILES string of the molecule is Cc1cc([N+](=O)[O-])ccc1N1CCN(S(C)(=O)=O)CC1. The average Bonchev–Trinajstić information content (AvgIpc) is 2.37. The molecule has 1 aliphatic heterocycles. The van der Waals surface area contributed by atoms with Crippen molar-refractivity contribution in [1.82, 2.24) is 4.31 Å². The standard InChI is InChI=1S/C12H17N3O4S/c1-10-9-11(15(16)17)3-4-12(10)13-5-7-14(8-6-13)20(2,18)19/h3-4,9H,5-8H2,1-2H3. The monoisotopic (exact) mass is 299 g/mol. The molecule has 1 heterocycles. The zero-order valence-electron chi connectivity index (χ0n) is 11.4. The van der Waals surface area contributed by atoms with E-state index in [-0.39, 0.29) is 5.69 Å². The summed E-state index contributed by atoms with van der Waals surface area (Å²) in [5.74, 6) is 0. The third-order valence-electron chi connectivity index (χ3n) is 3.44. The lowest BCUT2D eigenvalue weighted by Gasteiger charge is -2.35. The van der Waals surface area contributed by atoms with E-state index < -0.39 is 14.9 Å². The van der Waals surface area contributed by atoms with Crippen LogP contribution in [0.5, 0.6) is 0 Å². The minimum atomic E-state index is -3.14. The number of hydrogen-bond donors (Lipinski definition) is 0. The maximum Gasteiger partial charge on any atom is 0.269 e. The van der Waals surface area contributed by atoms with Crippen molar-refractivity contribution in [1.29, 1.82) is 0 Å². The average molecular weight is 299 g/mol. The van der Waals surface area contributed by atoms with Gasteiger partial charge in [-0.3, -0.25) is 10.1 Å². The Morgan fingerprint density at radius 2 is 1.80 bits per heavy atom. The molecule has 1 aromatic carbocycles. The van der Waals surface area contributed by atoms with Gasteiger partial charge >= 0.3 is 0 Å². The van der Waals surface area contributed by atoms with E-state index in [0.29, 0.717) is 26.2 Å². The molecule has 0 aromatic heterocycles. The summed E-state index contributed by atoms with van der Waals surface area (Å²) in [5.41, 5.74) is 1.82. The number of rotatable bonds is 3. The van der Waals surface area contributed by atoms with Crippen LogP contribution in [-0.2, 0) is 10.0 Å². The van der Waals surface area contributed by atoms with Crippen LogP contribution in [0.3, 0.4) is 0 Å². The molecule has 1 aliphatic rings. The summed E-state index contributed by atoms with van der Waals surface area (Å²) >= 11 is 0. The summed E-state index contributed by atoms with van der Waals surface area (Å²) in [6.07, 6.45) is 1.21. The summed E-state index contributed by atoms with van der Waals surface area (Å²) < 4.78 is 24.3. The summed E-state index contributed by atoms with van der Waals surface area (Å²) in [7, 11) is -3.14. The third kappa shape index (κ3) is 3.07. The second-order valence-electron chi connectivity index (χ2n) is 4.88. The second-order valence-corrected chi connectivity index (χ2v) is 6.86. The van der Waals surface area contributed by atoms with Crippen molar-refractivity contribution in [3.8, 4) is 0 Å². The van der Waals surface area contributed by atoms with E-state index in [2.05, 4.69) is 4.90 Å². The highest BCUT2D eigenvalue weighted by Gasteiger charge is 2.24. The molecule has 7 nitrogen and oxygen atoms in total. The molecule has 20 heavy (non-hydrogen) atoms. The van der Waals surface area contributed by atoms with Crippen molar-refractivity contribution in [2.75, 3.05) is 37.3 Å². The molecule has 1 saturated heterocycles. The van der Waals surface area contributed by atoms with Gasteiger partial charge in [-0.05, 0) is 18.6 Å². The van der Waals surface area contributed by atoms with Gasteiger partial charge < -0.3 is 4.90 Å². The van der Waals surface area contributed by atoms with Gasteiger partial charge in [0.1, 0.15) is 0 Å². The number of piperazine rings is 1. The van der Waals surface area contributed by atoms with Crippen LogP contribution >= 0.6 is 0 Å². The molecule has 0 amide bonds. The normalized spacial score (nSPS) is 17.2. The van der Waals surface area contributed by atoms with Gasteiger partial charge in [0.05, 0.1) is 11.2 Å². The van der Waals surface area contributed by atoms with Gasteiger partial charge in [-0.2, -0.15) is 4.31 Å². The first-order valence-corrected chi connectivity index (χ1v) is 8.09. The molecule has 0 radical (unpaired) electrons. The molecule has 8 heteroatoms. The molecule has 0 spiro atoms. The fourth-order valence-corrected chi connectivity index (χ4v) is 3.20. The highest BCUT2D eigenvalue weighted by atomic mass is 32.2. The van der Waals surface area contributed by atoms with Crippen molar-refractivity contribution in [3.05, 3.63) is 33.9 Å². The first-order chi connectivity index (χ1) is 9.29. The molecular formula is C12H17N3O4S. The van der Waals surface area contributed by atoms with Crippen LogP contribution in [0.1, 0.15) is 5.56 Å². The molecule has 0 atom stereocenters. The van der Waals surface area contributed by atoms with Crippen molar-refractivity contribution in [2.24, 2.45) is 0 Å². The zero-order valence-corrected chi connectivity index (χ0v) is 12.3. The molecule has 0 N–H and O–H groups in total. The molecule has 1 fully saturated rings. The largest absolute Gasteiger partial charge is 0.369 e. The van der Waals surface area contributed by atoms with Crippen LogP contribution in [-0.4, -0.2) is 50.1 Å². The van der Waals surface area contributed by atoms with Crippen LogP contribution in [0.15, 0.2) is 18.2 Å². The van der Waals surface area contributed by atoms with E-state index in [0.717, 1.165) is 11.3 Å². The molecule has 2 rings (SSSR count). The summed E-state index contributed by atoms with van der Waals surface area (Å²) in [5, 5.41) is 10.7. The molecule has 0 aliphatic carbocycles. The Morgan fingerprint density at radius 1 is 1.20 bits per heavy atom. The van der Waals surface area contributed by atoms with Gasteiger partial charge in [0, 0.05) is 44.0 Å². The topological polar surface area (TPSA) is 83.8 Å². The van der Waals surface area contributed by atoms with Gasteiger partial charge in [-0.15, -0.1) is 0 Å². The molecule has 110 valence electrons. The van der Waals surface area contributed by atoms with Crippen LogP contribution < -0.4 is 4.90 Å². The van der Waals surface area contributed by atoms with Crippen LogP contribution in [0, 0.1) is 17.0 Å². The minimum absolute atomic E-state index is 0.0704. The highest BCUT2D eigenvalue weighted by Crippen LogP contribution is 2.25. The smallest absolute Gasteiger partial charge is 0.269 e. The second kappa shape index (κ2) is 5.37. The number of benzene rings is 1. The van der Waals surface area contributed by atoms with Crippen molar-refractivity contribution in [3.63, 3.8) is 0 Å². The number of anilines is 1. The lowest BCUT2D eigenvalue weighted by molar-refractivity contribution is -0.384. The maximum absolute atomic E-state index is 11.4. The Bertz CT molecular complexity index is 622.